The summed E-state index contributed by atoms with van der Waals surface area (Å²) in [7, 11) is 0. The molecule has 13 rings (SSSR count). The molecule has 11 aromatic rings. The van der Waals surface area contributed by atoms with Crippen molar-refractivity contribution in [3.63, 3.8) is 0 Å². The first-order valence-corrected chi connectivity index (χ1v) is 20.4. The fourth-order valence-electron chi connectivity index (χ4n) is 10.5. The number of thiophene rings is 1. The number of para-hydroxylation sites is 2. The van der Waals surface area contributed by atoms with Crippen molar-refractivity contribution >= 4 is 92.7 Å². The van der Waals surface area contributed by atoms with E-state index in [1.165, 1.54) is 69.9 Å². The van der Waals surface area contributed by atoms with E-state index in [1.807, 2.05) is 15.7 Å². The molecule has 0 aliphatic heterocycles. The van der Waals surface area contributed by atoms with E-state index in [2.05, 4.69) is 164 Å². The minimum Gasteiger partial charge on any atom is -0.308 e. The summed E-state index contributed by atoms with van der Waals surface area (Å²) in [5.74, 6) is 0. The predicted molar refractivity (Wildman–Crippen MR) is 238 cm³/mol. The van der Waals surface area contributed by atoms with E-state index in [9.17, 15) is 4.79 Å². The molecule has 0 spiro atoms. The maximum Gasteiger partial charge on any atom is 0.263 e. The third-order valence-corrected chi connectivity index (χ3v) is 14.3. The second-order valence-corrected chi connectivity index (χ2v) is 17.3. The van der Waals surface area contributed by atoms with Crippen molar-refractivity contribution in [2.45, 2.75) is 32.1 Å². The largest absolute Gasteiger partial charge is 0.308 e. The third kappa shape index (κ3) is 3.80. The fourth-order valence-corrected chi connectivity index (χ4v) is 11.7. The average molecular weight is 735 g/mol. The molecule has 4 heterocycles. The molecule has 0 amide bonds. The molecule has 0 radical (unpaired) electrons. The van der Waals surface area contributed by atoms with Crippen LogP contribution in [0.5, 0.6) is 0 Å². The molecule has 0 fully saturated rings. The van der Waals surface area contributed by atoms with Gasteiger partial charge in [-0.1, -0.05) is 111 Å². The van der Waals surface area contributed by atoms with Crippen LogP contribution < -0.4 is 16.0 Å². The van der Waals surface area contributed by atoms with Gasteiger partial charge in [-0.15, -0.1) is 11.3 Å². The molecule has 7 aromatic carbocycles. The number of nitrogens with zero attached hydrogens (tertiary/aromatic N) is 2. The Morgan fingerprint density at radius 1 is 0.536 bits per heavy atom. The van der Waals surface area contributed by atoms with Crippen molar-refractivity contribution in [1.29, 1.82) is 0 Å². The normalized spacial score (nSPS) is 14.6. The highest BCUT2D eigenvalue weighted by molar-refractivity contribution is 7.26. The van der Waals surface area contributed by atoms with Crippen molar-refractivity contribution < 1.29 is 0 Å². The Morgan fingerprint density at radius 3 is 2.18 bits per heavy atom. The van der Waals surface area contributed by atoms with Crippen molar-refractivity contribution in [2.24, 2.45) is 0 Å². The van der Waals surface area contributed by atoms with Crippen LogP contribution in [0.3, 0.4) is 0 Å². The van der Waals surface area contributed by atoms with Crippen LogP contribution in [0.1, 0.15) is 37.8 Å². The molecule has 0 saturated heterocycles. The zero-order valence-electron chi connectivity index (χ0n) is 31.0. The minimum atomic E-state index is -0.113. The maximum absolute atomic E-state index is 14.1. The lowest BCUT2D eigenvalue weighted by molar-refractivity contribution is 0.661. The highest BCUT2D eigenvalue weighted by Gasteiger charge is 2.36. The number of hydrogen-bond acceptors (Lipinski definition) is 2. The lowest BCUT2D eigenvalue weighted by Gasteiger charge is -2.21. The van der Waals surface area contributed by atoms with E-state index < -0.39 is 0 Å². The summed E-state index contributed by atoms with van der Waals surface area (Å²) < 4.78 is 7.07. The number of fused-ring (bicyclic) bond motifs is 14. The molecule has 4 aromatic heterocycles. The number of benzene rings is 7. The maximum atomic E-state index is 14.1. The average Bonchev–Trinajstić information content (AvgIpc) is 3.95. The summed E-state index contributed by atoms with van der Waals surface area (Å²) in [5, 5.41) is 10.4. The lowest BCUT2D eigenvalue weighted by atomic mass is 9.82. The monoisotopic (exact) mass is 734 g/mol. The smallest absolute Gasteiger partial charge is 0.263 e. The highest BCUT2D eigenvalue weighted by atomic mass is 32.1. The third-order valence-electron chi connectivity index (χ3n) is 13.1. The van der Waals surface area contributed by atoms with Gasteiger partial charge in [-0.25, -0.2) is 0 Å². The Bertz CT molecular complexity index is 3760. The van der Waals surface area contributed by atoms with E-state index in [4.69, 9.17) is 0 Å². The molecule has 0 saturated carbocycles. The molecular formula is C52H34N2OS. The van der Waals surface area contributed by atoms with Gasteiger partial charge in [0.15, 0.2) is 0 Å². The Hall–Kier alpha value is -6.49. The molecule has 56 heavy (non-hydrogen) atoms. The molecule has 0 unspecified atom stereocenters. The fraction of sp³-hybridized carbons (Fsp3) is 0.0962. The molecule has 3 nitrogen and oxygen atoms in total. The number of aromatic nitrogens is 2. The Labute approximate surface area is 325 Å². The topological polar surface area (TPSA) is 26.4 Å². The van der Waals surface area contributed by atoms with Gasteiger partial charge < -0.3 is 4.57 Å². The first kappa shape index (κ1) is 30.8. The molecule has 0 bridgehead atoms. The molecule has 2 aliphatic carbocycles. The van der Waals surface area contributed by atoms with E-state index in [0.717, 1.165) is 61.6 Å². The van der Waals surface area contributed by atoms with Crippen molar-refractivity contribution in [1.82, 2.24) is 8.97 Å². The molecular weight excluding hydrogens is 701 g/mol. The van der Waals surface area contributed by atoms with Crippen LogP contribution in [-0.2, 0) is 5.41 Å². The van der Waals surface area contributed by atoms with E-state index in [1.54, 1.807) is 0 Å². The van der Waals surface area contributed by atoms with E-state index >= 15 is 0 Å². The Kier molecular flexibility index (Phi) is 5.84. The second kappa shape index (κ2) is 10.6. The van der Waals surface area contributed by atoms with Gasteiger partial charge in [0.25, 0.3) is 5.56 Å². The number of rotatable bonds is 2. The summed E-state index contributed by atoms with van der Waals surface area (Å²) in [5.41, 5.74) is 13.3. The van der Waals surface area contributed by atoms with Crippen LogP contribution in [0, 0.1) is 0 Å². The Morgan fingerprint density at radius 2 is 1.27 bits per heavy atom. The molecule has 4 heteroatoms. The zero-order chi connectivity index (χ0) is 37.0. The van der Waals surface area contributed by atoms with Gasteiger partial charge in [0.1, 0.15) is 0 Å². The lowest BCUT2D eigenvalue weighted by Crippen LogP contribution is -2.43. The summed E-state index contributed by atoms with van der Waals surface area (Å²) in [4.78, 5) is 14.1. The molecule has 0 atom stereocenters. The molecule has 0 N–H and O–H groups in total. The van der Waals surface area contributed by atoms with E-state index in [-0.39, 0.29) is 11.0 Å². The number of hydrogen-bond donors (Lipinski definition) is 0. The van der Waals surface area contributed by atoms with Gasteiger partial charge in [0.05, 0.1) is 32.5 Å². The van der Waals surface area contributed by atoms with Gasteiger partial charge in [-0.2, -0.15) is 0 Å². The predicted octanol–water partition coefficient (Wildman–Crippen LogP) is 11.8. The van der Waals surface area contributed by atoms with Crippen molar-refractivity contribution in [3.8, 4) is 27.9 Å². The van der Waals surface area contributed by atoms with Crippen molar-refractivity contribution in [3.05, 3.63) is 165 Å². The van der Waals surface area contributed by atoms with Crippen LogP contribution >= 0.6 is 11.3 Å². The summed E-state index contributed by atoms with van der Waals surface area (Å²) in [6.45, 7) is 4.74. The van der Waals surface area contributed by atoms with Gasteiger partial charge >= 0.3 is 0 Å². The quantitative estimate of drug-likeness (QED) is 0.174. The van der Waals surface area contributed by atoms with Crippen LogP contribution in [-0.4, -0.2) is 8.97 Å². The van der Waals surface area contributed by atoms with Crippen LogP contribution in [0.15, 0.2) is 138 Å². The summed E-state index contributed by atoms with van der Waals surface area (Å²) in [6.07, 6.45) is 6.25. The van der Waals surface area contributed by atoms with Gasteiger partial charge in [0.2, 0.25) is 0 Å². The van der Waals surface area contributed by atoms with Crippen molar-refractivity contribution in [2.75, 3.05) is 0 Å². The van der Waals surface area contributed by atoms with Gasteiger partial charge in [0, 0.05) is 53.0 Å². The van der Waals surface area contributed by atoms with Crippen LogP contribution in [0.25, 0.3) is 109 Å². The highest BCUT2D eigenvalue weighted by Crippen LogP contribution is 2.52. The standard InChI is InChI=1S/C52H34N2OS/c1-52(2)42-19-8-5-13-32(42)38-27-40-33-14-6-9-20-44(33)53(46(40)28-43(38)52)47-26-30(25-41-34-15-7-10-21-48(34)56-50(41)47)29-22-23-45-39(24-29)36-18-11-17-35-31-12-3-4-16-37(31)51(55)54(45)49(35)36/h5-28H,3-4H2,1-2H3. The number of pyridine rings is 1. The van der Waals surface area contributed by atoms with Gasteiger partial charge in [-0.3, -0.25) is 9.20 Å². The zero-order valence-corrected chi connectivity index (χ0v) is 31.8. The molecule has 264 valence electrons. The van der Waals surface area contributed by atoms with Crippen LogP contribution in [0.4, 0.5) is 0 Å². The van der Waals surface area contributed by atoms with E-state index in [0.29, 0.717) is 0 Å². The first-order valence-electron chi connectivity index (χ1n) is 19.6. The SMILES string of the molecule is CC1(C)c2ccccc2-c2cc3c4ccccc4n(-c4cc(-c5ccc6c(c5)c5cccc7c8c(c(=O)n6c75)=CCCC=8)cc5c4sc4ccccc45)c3cc21. The summed E-state index contributed by atoms with van der Waals surface area (Å²) in [6, 6.07) is 49.6. The molecule has 2 aliphatic rings. The minimum absolute atomic E-state index is 0.0833. The Balaban J connectivity index is 1.13. The second-order valence-electron chi connectivity index (χ2n) is 16.3. The summed E-state index contributed by atoms with van der Waals surface area (Å²) >= 11 is 1.88. The van der Waals surface area contributed by atoms with Crippen LogP contribution in [0.2, 0.25) is 0 Å². The van der Waals surface area contributed by atoms with Gasteiger partial charge in [-0.05, 0) is 100.0 Å². The first-order chi connectivity index (χ1) is 27.5.